The van der Waals surface area contributed by atoms with Gasteiger partial charge in [0, 0.05) is 10.0 Å². The van der Waals surface area contributed by atoms with Crippen LogP contribution in [0, 0.1) is 12.3 Å². The summed E-state index contributed by atoms with van der Waals surface area (Å²) in [4.78, 5) is 0. The Kier molecular flexibility index (Phi) is 3.99. The third-order valence-corrected chi connectivity index (χ3v) is 2.23. The Morgan fingerprint density at radius 2 is 2.36 bits per heavy atom. The number of hydrogen-bond acceptors (Lipinski definition) is 2. The van der Waals surface area contributed by atoms with Crippen LogP contribution in [-0.4, -0.2) is 11.7 Å². The Hall–Kier alpha value is -0.980. The summed E-state index contributed by atoms with van der Waals surface area (Å²) in [5.41, 5.74) is 0.731. The molecule has 0 heterocycles. The Morgan fingerprint density at radius 1 is 1.64 bits per heavy atom. The summed E-state index contributed by atoms with van der Waals surface area (Å²) in [6.07, 6.45) is 4.52. The molecule has 0 aliphatic carbocycles. The number of aliphatic hydroxyl groups is 1. The molecule has 14 heavy (non-hydrogen) atoms. The van der Waals surface area contributed by atoms with Crippen molar-refractivity contribution in [1.82, 2.24) is 0 Å². The molecule has 3 heteroatoms. The van der Waals surface area contributed by atoms with Crippen LogP contribution in [0.3, 0.4) is 0 Å². The Morgan fingerprint density at radius 3 is 2.93 bits per heavy atom. The SMILES string of the molecule is C#CCOc1ccc(Br)cc1[C@@H](C)O. The largest absolute Gasteiger partial charge is 0.481 e. The summed E-state index contributed by atoms with van der Waals surface area (Å²) in [6, 6.07) is 5.44. The molecule has 2 nitrogen and oxygen atoms in total. The van der Waals surface area contributed by atoms with Gasteiger partial charge in [-0.1, -0.05) is 21.9 Å². The zero-order chi connectivity index (χ0) is 10.6. The predicted molar refractivity (Wildman–Crippen MR) is 59.1 cm³/mol. The van der Waals surface area contributed by atoms with Crippen molar-refractivity contribution >= 4 is 15.9 Å². The number of aliphatic hydroxyl groups excluding tert-OH is 1. The number of terminal acetylenes is 1. The first kappa shape index (κ1) is 11.1. The van der Waals surface area contributed by atoms with Crippen molar-refractivity contribution in [3.63, 3.8) is 0 Å². The second-order valence-electron chi connectivity index (χ2n) is 2.85. The lowest BCUT2D eigenvalue weighted by Gasteiger charge is -2.12. The summed E-state index contributed by atoms with van der Waals surface area (Å²) in [5.74, 6) is 3.01. The molecule has 0 unspecified atom stereocenters. The summed E-state index contributed by atoms with van der Waals surface area (Å²) in [7, 11) is 0. The van der Waals surface area contributed by atoms with Crippen LogP contribution in [-0.2, 0) is 0 Å². The van der Waals surface area contributed by atoms with Gasteiger partial charge in [0.05, 0.1) is 6.10 Å². The molecule has 0 spiro atoms. The minimum atomic E-state index is -0.569. The second kappa shape index (κ2) is 5.04. The maximum Gasteiger partial charge on any atom is 0.148 e. The molecular weight excluding hydrogens is 244 g/mol. The van der Waals surface area contributed by atoms with E-state index in [1.54, 1.807) is 13.0 Å². The molecule has 0 aromatic heterocycles. The van der Waals surface area contributed by atoms with Crippen molar-refractivity contribution < 1.29 is 9.84 Å². The maximum absolute atomic E-state index is 9.48. The average Bonchev–Trinajstić information content (AvgIpc) is 2.15. The molecule has 0 saturated carbocycles. The zero-order valence-corrected chi connectivity index (χ0v) is 9.41. The highest BCUT2D eigenvalue weighted by molar-refractivity contribution is 9.10. The zero-order valence-electron chi connectivity index (χ0n) is 7.83. The van der Waals surface area contributed by atoms with Crippen LogP contribution in [0.1, 0.15) is 18.6 Å². The standard InChI is InChI=1S/C11H11BrO2/c1-3-6-14-11-5-4-9(12)7-10(11)8(2)13/h1,4-5,7-8,13H,6H2,2H3/t8-/m1/s1. The first-order chi connectivity index (χ1) is 6.65. The highest BCUT2D eigenvalue weighted by Gasteiger charge is 2.09. The molecule has 1 rings (SSSR count). The van der Waals surface area contributed by atoms with Crippen molar-refractivity contribution in [2.75, 3.05) is 6.61 Å². The van der Waals surface area contributed by atoms with Gasteiger partial charge in [0.25, 0.3) is 0 Å². The van der Waals surface area contributed by atoms with Crippen molar-refractivity contribution in [1.29, 1.82) is 0 Å². The number of halogens is 1. The molecule has 0 radical (unpaired) electrons. The Labute approximate surface area is 92.0 Å². The first-order valence-corrected chi connectivity index (χ1v) is 4.98. The normalized spacial score (nSPS) is 11.9. The lowest BCUT2D eigenvalue weighted by atomic mass is 10.1. The molecule has 1 atom stereocenters. The molecule has 0 aliphatic heterocycles. The van der Waals surface area contributed by atoms with Gasteiger partial charge in [-0.05, 0) is 25.1 Å². The molecule has 1 aromatic carbocycles. The van der Waals surface area contributed by atoms with Gasteiger partial charge in [0.15, 0.2) is 0 Å². The van der Waals surface area contributed by atoms with E-state index in [0.29, 0.717) is 5.75 Å². The number of benzene rings is 1. The highest BCUT2D eigenvalue weighted by atomic mass is 79.9. The van der Waals surface area contributed by atoms with E-state index in [1.165, 1.54) is 0 Å². The van der Waals surface area contributed by atoms with Gasteiger partial charge >= 0.3 is 0 Å². The van der Waals surface area contributed by atoms with Crippen LogP contribution in [0.2, 0.25) is 0 Å². The average molecular weight is 255 g/mol. The smallest absolute Gasteiger partial charge is 0.148 e. The molecule has 0 bridgehead atoms. The summed E-state index contributed by atoms with van der Waals surface area (Å²) < 4.78 is 6.19. The van der Waals surface area contributed by atoms with E-state index in [1.807, 2.05) is 12.1 Å². The van der Waals surface area contributed by atoms with Crippen molar-refractivity contribution in [3.05, 3.63) is 28.2 Å². The fourth-order valence-electron chi connectivity index (χ4n) is 1.10. The summed E-state index contributed by atoms with van der Waals surface area (Å²) in [6.45, 7) is 1.89. The second-order valence-corrected chi connectivity index (χ2v) is 3.77. The number of rotatable bonds is 3. The lowest BCUT2D eigenvalue weighted by molar-refractivity contribution is 0.193. The fourth-order valence-corrected chi connectivity index (χ4v) is 1.48. The predicted octanol–water partition coefficient (Wildman–Crippen LogP) is 2.51. The Bertz CT molecular complexity index is 353. The van der Waals surface area contributed by atoms with Crippen molar-refractivity contribution in [2.45, 2.75) is 13.0 Å². The van der Waals surface area contributed by atoms with E-state index < -0.39 is 6.10 Å². The molecule has 0 amide bonds. The van der Waals surface area contributed by atoms with Gasteiger partial charge in [0.1, 0.15) is 12.4 Å². The van der Waals surface area contributed by atoms with Gasteiger partial charge in [-0.15, -0.1) is 6.42 Å². The van der Waals surface area contributed by atoms with Gasteiger partial charge < -0.3 is 9.84 Å². The third-order valence-electron chi connectivity index (χ3n) is 1.73. The highest BCUT2D eigenvalue weighted by Crippen LogP contribution is 2.28. The molecule has 1 aromatic rings. The van der Waals surface area contributed by atoms with Gasteiger partial charge in [-0.3, -0.25) is 0 Å². The molecule has 0 aliphatic rings. The van der Waals surface area contributed by atoms with Crippen LogP contribution in [0.5, 0.6) is 5.75 Å². The van der Waals surface area contributed by atoms with E-state index in [-0.39, 0.29) is 6.61 Å². The van der Waals surface area contributed by atoms with Gasteiger partial charge in [-0.2, -0.15) is 0 Å². The molecule has 1 N–H and O–H groups in total. The first-order valence-electron chi connectivity index (χ1n) is 4.19. The van der Waals surface area contributed by atoms with Gasteiger partial charge in [-0.25, -0.2) is 0 Å². The van der Waals surface area contributed by atoms with Gasteiger partial charge in [0.2, 0.25) is 0 Å². The molecular formula is C11H11BrO2. The maximum atomic E-state index is 9.48. The number of ether oxygens (including phenoxy) is 1. The molecule has 0 saturated heterocycles. The fraction of sp³-hybridized carbons (Fsp3) is 0.273. The monoisotopic (exact) mass is 254 g/mol. The van der Waals surface area contributed by atoms with E-state index in [4.69, 9.17) is 11.2 Å². The van der Waals surface area contributed by atoms with E-state index >= 15 is 0 Å². The Balaban J connectivity index is 2.97. The van der Waals surface area contributed by atoms with Crippen LogP contribution in [0.4, 0.5) is 0 Å². The topological polar surface area (TPSA) is 29.5 Å². The lowest BCUT2D eigenvalue weighted by Crippen LogP contribution is -2.00. The quantitative estimate of drug-likeness (QED) is 0.841. The molecule has 74 valence electrons. The minimum absolute atomic E-state index is 0.210. The summed E-state index contributed by atoms with van der Waals surface area (Å²) in [5, 5.41) is 9.48. The van der Waals surface area contributed by atoms with Crippen LogP contribution >= 0.6 is 15.9 Å². The van der Waals surface area contributed by atoms with Crippen LogP contribution in [0.15, 0.2) is 22.7 Å². The minimum Gasteiger partial charge on any atom is -0.481 e. The van der Waals surface area contributed by atoms with Crippen molar-refractivity contribution in [2.24, 2.45) is 0 Å². The van der Waals surface area contributed by atoms with E-state index in [9.17, 15) is 5.11 Å². The summed E-state index contributed by atoms with van der Waals surface area (Å²) >= 11 is 3.33. The third kappa shape index (κ3) is 2.76. The van der Waals surface area contributed by atoms with E-state index in [0.717, 1.165) is 10.0 Å². The van der Waals surface area contributed by atoms with Crippen LogP contribution < -0.4 is 4.74 Å². The molecule has 0 fully saturated rings. The van der Waals surface area contributed by atoms with E-state index in [2.05, 4.69) is 21.9 Å². The van der Waals surface area contributed by atoms with Crippen molar-refractivity contribution in [3.8, 4) is 18.1 Å². The van der Waals surface area contributed by atoms with Crippen LogP contribution in [0.25, 0.3) is 0 Å². The number of hydrogen-bond donors (Lipinski definition) is 1.